The number of benzene rings is 2. The van der Waals surface area contributed by atoms with Crippen molar-refractivity contribution in [1.82, 2.24) is 0 Å². The van der Waals surface area contributed by atoms with Gasteiger partial charge < -0.3 is 4.90 Å². The molecule has 0 bridgehead atoms. The molecule has 0 spiro atoms. The van der Waals surface area contributed by atoms with Gasteiger partial charge in [0.15, 0.2) is 5.71 Å². The molecule has 2 aromatic rings. The molecule has 0 aromatic heterocycles. The van der Waals surface area contributed by atoms with Crippen LogP contribution in [0.15, 0.2) is 109 Å². The van der Waals surface area contributed by atoms with E-state index in [0.29, 0.717) is 0 Å². The summed E-state index contributed by atoms with van der Waals surface area (Å²) in [7, 11) is 4.34. The summed E-state index contributed by atoms with van der Waals surface area (Å²) in [5.41, 5.74) is 8.21. The standard InChI is InChI=1S/C33H39N2/c1-7-25-33(4)27-20-16-18-22-29(27)35(6)31(33)24-14-12-10-8-9-11-13-23-30-32(2,3)26-19-15-17-21-28(26)34(30)5/h8-24H,7,25H2,1-6H3/q+1. The second-order valence-electron chi connectivity index (χ2n) is 10.3. The highest BCUT2D eigenvalue weighted by molar-refractivity contribution is 6.03. The average Bonchev–Trinajstić information content (AvgIpc) is 3.18. The molecule has 0 amide bonds. The highest BCUT2D eigenvalue weighted by atomic mass is 15.2. The third-order valence-corrected chi connectivity index (χ3v) is 7.65. The summed E-state index contributed by atoms with van der Waals surface area (Å²) in [5.74, 6) is 0. The Bertz CT molecular complexity index is 1270. The molecule has 2 aliphatic rings. The molecule has 35 heavy (non-hydrogen) atoms. The number of nitrogens with zero attached hydrogens (tertiary/aromatic N) is 2. The van der Waals surface area contributed by atoms with Gasteiger partial charge in [0.25, 0.3) is 0 Å². The van der Waals surface area contributed by atoms with Gasteiger partial charge in [0, 0.05) is 41.6 Å². The van der Waals surface area contributed by atoms with Crippen LogP contribution in [0.3, 0.4) is 0 Å². The molecule has 1 atom stereocenters. The van der Waals surface area contributed by atoms with Gasteiger partial charge >= 0.3 is 0 Å². The van der Waals surface area contributed by atoms with E-state index < -0.39 is 0 Å². The number of allylic oxidation sites excluding steroid dienone is 10. The first-order chi connectivity index (χ1) is 16.8. The average molecular weight is 464 g/mol. The summed E-state index contributed by atoms with van der Waals surface area (Å²) in [6.07, 6.45) is 21.6. The van der Waals surface area contributed by atoms with Crippen molar-refractivity contribution < 1.29 is 4.58 Å². The van der Waals surface area contributed by atoms with E-state index in [4.69, 9.17) is 0 Å². The van der Waals surface area contributed by atoms with Crippen molar-refractivity contribution in [2.24, 2.45) is 0 Å². The number of rotatable bonds is 7. The molecule has 4 rings (SSSR count). The van der Waals surface area contributed by atoms with Gasteiger partial charge in [-0.1, -0.05) is 92.3 Å². The zero-order valence-corrected chi connectivity index (χ0v) is 22.1. The van der Waals surface area contributed by atoms with Gasteiger partial charge in [0.2, 0.25) is 5.69 Å². The number of hydrogen-bond acceptors (Lipinski definition) is 1. The van der Waals surface area contributed by atoms with Gasteiger partial charge in [-0.05, 0) is 44.9 Å². The monoisotopic (exact) mass is 463 g/mol. The topological polar surface area (TPSA) is 6.25 Å². The zero-order valence-electron chi connectivity index (χ0n) is 22.1. The second-order valence-corrected chi connectivity index (χ2v) is 10.3. The van der Waals surface area contributed by atoms with E-state index >= 15 is 0 Å². The minimum Gasteiger partial charge on any atom is -0.347 e. The van der Waals surface area contributed by atoms with Crippen LogP contribution in [-0.4, -0.2) is 24.4 Å². The summed E-state index contributed by atoms with van der Waals surface area (Å²) in [4.78, 5) is 2.35. The van der Waals surface area contributed by atoms with Crippen molar-refractivity contribution in [3.05, 3.63) is 120 Å². The maximum atomic E-state index is 2.38. The number of hydrogen-bond donors (Lipinski definition) is 0. The van der Waals surface area contributed by atoms with Crippen molar-refractivity contribution in [2.75, 3.05) is 19.0 Å². The quantitative estimate of drug-likeness (QED) is 0.298. The Hall–Kier alpha value is -3.39. The van der Waals surface area contributed by atoms with Crippen molar-refractivity contribution in [3.63, 3.8) is 0 Å². The second kappa shape index (κ2) is 10.1. The van der Waals surface area contributed by atoms with E-state index in [1.54, 1.807) is 0 Å². The largest absolute Gasteiger partial charge is 0.347 e. The molecule has 0 saturated heterocycles. The molecular weight excluding hydrogens is 424 g/mol. The van der Waals surface area contributed by atoms with Crippen LogP contribution >= 0.6 is 0 Å². The number of para-hydroxylation sites is 2. The fourth-order valence-corrected chi connectivity index (χ4v) is 5.84. The van der Waals surface area contributed by atoms with Crippen LogP contribution in [0, 0.1) is 0 Å². The zero-order chi connectivity index (χ0) is 25.1. The molecule has 2 heteroatoms. The van der Waals surface area contributed by atoms with Gasteiger partial charge in [-0.3, -0.25) is 0 Å². The first kappa shape index (κ1) is 24.7. The van der Waals surface area contributed by atoms with Gasteiger partial charge in [0.05, 0.1) is 5.41 Å². The highest BCUT2D eigenvalue weighted by Crippen LogP contribution is 2.49. The third-order valence-electron chi connectivity index (χ3n) is 7.65. The predicted octanol–water partition coefficient (Wildman–Crippen LogP) is 8.01. The first-order valence-corrected chi connectivity index (χ1v) is 12.7. The van der Waals surface area contributed by atoms with Crippen molar-refractivity contribution in [1.29, 1.82) is 0 Å². The number of likely N-dealkylation sites (N-methyl/N-ethyl adjacent to an activating group) is 1. The van der Waals surface area contributed by atoms with Crippen LogP contribution in [0.1, 0.15) is 51.7 Å². The maximum absolute atomic E-state index is 2.38. The molecule has 2 aromatic carbocycles. The molecule has 2 nitrogen and oxygen atoms in total. The molecule has 0 fully saturated rings. The van der Waals surface area contributed by atoms with Crippen LogP contribution in [-0.2, 0) is 10.8 Å². The van der Waals surface area contributed by atoms with Gasteiger partial charge in [0.1, 0.15) is 7.05 Å². The van der Waals surface area contributed by atoms with Crippen LogP contribution in [0.5, 0.6) is 0 Å². The summed E-state index contributed by atoms with van der Waals surface area (Å²) >= 11 is 0. The van der Waals surface area contributed by atoms with Crippen LogP contribution in [0.25, 0.3) is 0 Å². The Morgan fingerprint density at radius 2 is 1.40 bits per heavy atom. The summed E-state index contributed by atoms with van der Waals surface area (Å²) < 4.78 is 2.30. The molecule has 2 aliphatic heterocycles. The lowest BCUT2D eigenvalue weighted by Crippen LogP contribution is -2.26. The van der Waals surface area contributed by atoms with Crippen molar-refractivity contribution in [3.8, 4) is 0 Å². The lowest BCUT2D eigenvalue weighted by molar-refractivity contribution is -0.401. The van der Waals surface area contributed by atoms with Gasteiger partial charge in [-0.25, -0.2) is 0 Å². The number of anilines is 1. The van der Waals surface area contributed by atoms with E-state index in [2.05, 4.69) is 154 Å². The summed E-state index contributed by atoms with van der Waals surface area (Å²) in [5, 5.41) is 0. The highest BCUT2D eigenvalue weighted by Gasteiger charge is 2.42. The fourth-order valence-electron chi connectivity index (χ4n) is 5.84. The molecule has 180 valence electrons. The molecule has 0 saturated carbocycles. The Kier molecular flexibility index (Phi) is 7.12. The van der Waals surface area contributed by atoms with E-state index in [9.17, 15) is 0 Å². The summed E-state index contributed by atoms with van der Waals surface area (Å²) in [6.45, 7) is 9.24. The molecule has 0 radical (unpaired) electrons. The smallest absolute Gasteiger partial charge is 0.209 e. The van der Waals surface area contributed by atoms with Crippen LogP contribution in [0.2, 0.25) is 0 Å². The van der Waals surface area contributed by atoms with Crippen molar-refractivity contribution in [2.45, 2.75) is 51.4 Å². The maximum Gasteiger partial charge on any atom is 0.209 e. The Balaban J connectivity index is 1.40. The Morgan fingerprint density at radius 1 is 0.800 bits per heavy atom. The van der Waals surface area contributed by atoms with E-state index in [-0.39, 0.29) is 10.8 Å². The minimum atomic E-state index is 0.0150. The van der Waals surface area contributed by atoms with Crippen LogP contribution in [0.4, 0.5) is 11.4 Å². The summed E-state index contributed by atoms with van der Waals surface area (Å²) in [6, 6.07) is 17.5. The Morgan fingerprint density at radius 3 is 2.09 bits per heavy atom. The lowest BCUT2D eigenvalue weighted by Gasteiger charge is -2.28. The Labute approximate surface area is 212 Å². The van der Waals surface area contributed by atoms with Crippen molar-refractivity contribution >= 4 is 17.1 Å². The first-order valence-electron chi connectivity index (χ1n) is 12.7. The van der Waals surface area contributed by atoms with Gasteiger partial charge in [-0.15, -0.1) is 0 Å². The van der Waals surface area contributed by atoms with Gasteiger partial charge in [-0.2, -0.15) is 4.58 Å². The normalized spacial score (nSPS) is 22.6. The third kappa shape index (κ3) is 4.50. The molecule has 0 aliphatic carbocycles. The van der Waals surface area contributed by atoms with E-state index in [1.807, 2.05) is 0 Å². The minimum absolute atomic E-state index is 0.0150. The molecule has 2 heterocycles. The van der Waals surface area contributed by atoms with E-state index in [1.165, 1.54) is 33.9 Å². The predicted molar refractivity (Wildman–Crippen MR) is 152 cm³/mol. The SMILES string of the molecule is CCCC1(C)\C(=C/C=C/C=C/C=C/C=C/C2=[N+](C)c3ccccc3C2(C)C)N(C)c2ccccc21. The van der Waals surface area contributed by atoms with Crippen LogP contribution < -0.4 is 4.90 Å². The fraction of sp³-hybridized carbons (Fsp3) is 0.303. The number of fused-ring (bicyclic) bond motifs is 2. The van der Waals surface area contributed by atoms with E-state index in [0.717, 1.165) is 12.8 Å². The molecular formula is C33H39N2+. The lowest BCUT2D eigenvalue weighted by atomic mass is 9.78. The molecule has 0 N–H and O–H groups in total. The molecule has 1 unspecified atom stereocenters.